The van der Waals surface area contributed by atoms with Crippen LogP contribution in [0.2, 0.25) is 0 Å². The van der Waals surface area contributed by atoms with Gasteiger partial charge in [0.15, 0.2) is 11.5 Å². The Morgan fingerprint density at radius 2 is 2.00 bits per heavy atom. The van der Waals surface area contributed by atoms with Gasteiger partial charge in [-0.1, -0.05) is 12.1 Å². The molecule has 2 atom stereocenters. The molecule has 1 aromatic carbocycles. The van der Waals surface area contributed by atoms with Crippen LogP contribution < -0.4 is 9.47 Å². The highest BCUT2D eigenvalue weighted by molar-refractivity contribution is 7.10. The number of benzene rings is 1. The van der Waals surface area contributed by atoms with Gasteiger partial charge in [-0.15, -0.1) is 11.3 Å². The first-order valence-electron chi connectivity index (χ1n) is 7.49. The number of hydrogen-bond acceptors (Lipinski definition) is 4. The van der Waals surface area contributed by atoms with Crippen LogP contribution >= 0.6 is 11.3 Å². The Morgan fingerprint density at radius 1 is 1.23 bits per heavy atom. The lowest BCUT2D eigenvalue weighted by Crippen LogP contribution is -2.51. The minimum absolute atomic E-state index is 0.0128. The molecule has 5 heteroatoms. The zero-order valence-electron chi connectivity index (χ0n) is 12.3. The SMILES string of the molecule is C[C@H]1Oc2ccccc2O[C@H]1C(=O)N1CCc2sccc2C1. The summed E-state index contributed by atoms with van der Waals surface area (Å²) in [5.74, 6) is 1.36. The van der Waals surface area contributed by atoms with E-state index in [1.165, 1.54) is 10.4 Å². The van der Waals surface area contributed by atoms with Crippen LogP contribution in [0.4, 0.5) is 0 Å². The molecule has 0 fully saturated rings. The summed E-state index contributed by atoms with van der Waals surface area (Å²) in [6, 6.07) is 9.61. The van der Waals surface area contributed by atoms with Gasteiger partial charge in [-0.2, -0.15) is 0 Å². The van der Waals surface area contributed by atoms with Crippen molar-refractivity contribution >= 4 is 17.2 Å². The van der Waals surface area contributed by atoms with Gasteiger partial charge in [-0.05, 0) is 42.5 Å². The molecule has 3 heterocycles. The van der Waals surface area contributed by atoms with E-state index in [4.69, 9.17) is 9.47 Å². The Balaban J connectivity index is 1.54. The van der Waals surface area contributed by atoms with Gasteiger partial charge in [0.25, 0.3) is 5.91 Å². The molecule has 0 aliphatic carbocycles. The van der Waals surface area contributed by atoms with Gasteiger partial charge in [0.05, 0.1) is 0 Å². The number of amides is 1. The van der Waals surface area contributed by atoms with E-state index in [1.54, 1.807) is 11.3 Å². The molecular formula is C17H17NO3S. The quantitative estimate of drug-likeness (QED) is 0.812. The van der Waals surface area contributed by atoms with E-state index in [9.17, 15) is 4.79 Å². The second kappa shape index (κ2) is 5.32. The Kier molecular flexibility index (Phi) is 3.30. The molecule has 4 nitrogen and oxygen atoms in total. The molecule has 2 aliphatic rings. The average Bonchev–Trinajstić information content (AvgIpc) is 3.01. The van der Waals surface area contributed by atoms with Crippen LogP contribution in [0.25, 0.3) is 0 Å². The molecule has 1 aromatic heterocycles. The third-order valence-electron chi connectivity index (χ3n) is 4.21. The lowest BCUT2D eigenvalue weighted by atomic mass is 10.1. The normalized spacial score (nSPS) is 23.0. The molecule has 2 aliphatic heterocycles. The van der Waals surface area contributed by atoms with E-state index in [0.29, 0.717) is 18.0 Å². The molecule has 2 aromatic rings. The minimum Gasteiger partial charge on any atom is -0.482 e. The number of fused-ring (bicyclic) bond motifs is 2. The number of hydrogen-bond donors (Lipinski definition) is 0. The molecule has 1 amide bonds. The number of carbonyl (C=O) groups is 1. The summed E-state index contributed by atoms with van der Waals surface area (Å²) >= 11 is 1.77. The van der Waals surface area contributed by atoms with Crippen molar-refractivity contribution in [3.05, 3.63) is 46.2 Å². The first kappa shape index (κ1) is 13.6. The monoisotopic (exact) mass is 315 g/mol. The van der Waals surface area contributed by atoms with Crippen LogP contribution in [0.3, 0.4) is 0 Å². The molecule has 0 spiro atoms. The smallest absolute Gasteiger partial charge is 0.267 e. The average molecular weight is 315 g/mol. The van der Waals surface area contributed by atoms with E-state index in [0.717, 1.165) is 13.0 Å². The predicted octanol–water partition coefficient (Wildman–Crippen LogP) is 2.86. The zero-order valence-corrected chi connectivity index (χ0v) is 13.1. The van der Waals surface area contributed by atoms with Gasteiger partial charge in [0.2, 0.25) is 6.10 Å². The van der Waals surface area contributed by atoms with E-state index in [1.807, 2.05) is 36.1 Å². The van der Waals surface area contributed by atoms with Crippen molar-refractivity contribution in [3.63, 3.8) is 0 Å². The number of rotatable bonds is 1. The maximum Gasteiger partial charge on any atom is 0.267 e. The summed E-state index contributed by atoms with van der Waals surface area (Å²) in [5, 5.41) is 2.09. The third-order valence-corrected chi connectivity index (χ3v) is 5.23. The largest absolute Gasteiger partial charge is 0.482 e. The molecule has 0 radical (unpaired) electrons. The number of para-hydroxylation sites is 2. The second-order valence-electron chi connectivity index (χ2n) is 5.69. The fourth-order valence-corrected chi connectivity index (χ4v) is 3.90. The maximum absolute atomic E-state index is 12.8. The summed E-state index contributed by atoms with van der Waals surface area (Å²) in [4.78, 5) is 16.1. The molecule has 0 N–H and O–H groups in total. The van der Waals surface area contributed by atoms with Crippen LogP contribution in [0.15, 0.2) is 35.7 Å². The van der Waals surface area contributed by atoms with Crippen LogP contribution in [-0.2, 0) is 17.8 Å². The van der Waals surface area contributed by atoms with E-state index in [2.05, 4.69) is 11.4 Å². The first-order chi connectivity index (χ1) is 10.7. The molecule has 0 unspecified atom stereocenters. The highest BCUT2D eigenvalue weighted by Gasteiger charge is 2.37. The van der Waals surface area contributed by atoms with Crippen LogP contribution in [0, 0.1) is 0 Å². The Hall–Kier alpha value is -2.01. The van der Waals surface area contributed by atoms with E-state index < -0.39 is 6.10 Å². The summed E-state index contributed by atoms with van der Waals surface area (Å²) in [6.07, 6.45) is 0.0680. The Morgan fingerprint density at radius 3 is 2.82 bits per heavy atom. The zero-order chi connectivity index (χ0) is 15.1. The molecule has 22 heavy (non-hydrogen) atoms. The van der Waals surface area contributed by atoms with Gasteiger partial charge >= 0.3 is 0 Å². The van der Waals surface area contributed by atoms with E-state index >= 15 is 0 Å². The van der Waals surface area contributed by atoms with Crippen molar-refractivity contribution in [1.29, 1.82) is 0 Å². The summed E-state index contributed by atoms with van der Waals surface area (Å²) < 4.78 is 11.8. The third kappa shape index (κ3) is 2.25. The van der Waals surface area contributed by atoms with Gasteiger partial charge in [-0.25, -0.2) is 0 Å². The van der Waals surface area contributed by atoms with Crippen molar-refractivity contribution in [3.8, 4) is 11.5 Å². The maximum atomic E-state index is 12.8. The molecule has 0 saturated carbocycles. The number of thiophene rings is 1. The topological polar surface area (TPSA) is 38.8 Å². The van der Waals surface area contributed by atoms with Crippen molar-refractivity contribution in [1.82, 2.24) is 4.90 Å². The molecule has 114 valence electrons. The van der Waals surface area contributed by atoms with Crippen LogP contribution in [0.5, 0.6) is 11.5 Å². The predicted molar refractivity (Wildman–Crippen MR) is 84.4 cm³/mol. The Bertz CT molecular complexity index is 711. The first-order valence-corrected chi connectivity index (χ1v) is 8.37. The lowest BCUT2D eigenvalue weighted by molar-refractivity contribution is -0.145. The molecule has 0 bridgehead atoms. The van der Waals surface area contributed by atoms with Crippen molar-refractivity contribution in [2.45, 2.75) is 32.1 Å². The molecule has 4 rings (SSSR count). The number of nitrogens with zero attached hydrogens (tertiary/aromatic N) is 1. The molecular weight excluding hydrogens is 298 g/mol. The summed E-state index contributed by atoms with van der Waals surface area (Å²) in [6.45, 7) is 3.31. The van der Waals surface area contributed by atoms with Gasteiger partial charge in [-0.3, -0.25) is 4.79 Å². The van der Waals surface area contributed by atoms with Gasteiger partial charge in [0, 0.05) is 18.0 Å². The number of carbonyl (C=O) groups excluding carboxylic acids is 1. The highest BCUT2D eigenvalue weighted by atomic mass is 32.1. The summed E-state index contributed by atoms with van der Waals surface area (Å²) in [7, 11) is 0. The molecule has 0 saturated heterocycles. The van der Waals surface area contributed by atoms with Crippen LogP contribution in [-0.4, -0.2) is 29.6 Å². The fraction of sp³-hybridized carbons (Fsp3) is 0.353. The standard InChI is InChI=1S/C17H17NO3S/c1-11-16(21-14-5-3-2-4-13(14)20-11)17(19)18-8-6-15-12(10-18)7-9-22-15/h2-5,7,9,11,16H,6,8,10H2,1H3/t11-,16-/m1/s1. The van der Waals surface area contributed by atoms with Crippen molar-refractivity contribution < 1.29 is 14.3 Å². The highest BCUT2D eigenvalue weighted by Crippen LogP contribution is 2.34. The number of ether oxygens (including phenoxy) is 2. The summed E-state index contributed by atoms with van der Waals surface area (Å²) in [5.41, 5.74) is 1.26. The van der Waals surface area contributed by atoms with Crippen molar-refractivity contribution in [2.75, 3.05) is 6.54 Å². The van der Waals surface area contributed by atoms with Crippen LogP contribution in [0.1, 0.15) is 17.4 Å². The second-order valence-corrected chi connectivity index (χ2v) is 6.69. The lowest BCUT2D eigenvalue weighted by Gasteiger charge is -2.35. The van der Waals surface area contributed by atoms with E-state index in [-0.39, 0.29) is 12.0 Å². The minimum atomic E-state index is -0.574. The van der Waals surface area contributed by atoms with Gasteiger partial charge < -0.3 is 14.4 Å². The van der Waals surface area contributed by atoms with Crippen molar-refractivity contribution in [2.24, 2.45) is 0 Å². The Labute approximate surface area is 133 Å². The fourth-order valence-electron chi connectivity index (χ4n) is 3.01. The van der Waals surface area contributed by atoms with Gasteiger partial charge in [0.1, 0.15) is 6.10 Å².